The third kappa shape index (κ3) is 2.99. The lowest BCUT2D eigenvalue weighted by Gasteiger charge is -2.46. The second-order valence-electron chi connectivity index (χ2n) is 8.55. The number of fused-ring (bicyclic) bond motifs is 3. The van der Waals surface area contributed by atoms with Gasteiger partial charge in [-0.1, -0.05) is 13.3 Å². The summed E-state index contributed by atoms with van der Waals surface area (Å²) in [5.74, 6) is -5.95. The summed E-state index contributed by atoms with van der Waals surface area (Å²) in [6.07, 6.45) is 1.71. The number of aliphatic hydroxyl groups is 3. The number of phenols is 1. The number of amides is 1. The van der Waals surface area contributed by atoms with Gasteiger partial charge in [-0.2, -0.15) is 0 Å². The minimum atomic E-state index is -2.56. The Morgan fingerprint density at radius 2 is 1.94 bits per heavy atom. The molecule has 9 nitrogen and oxygen atoms in total. The van der Waals surface area contributed by atoms with E-state index >= 15 is 0 Å². The van der Waals surface area contributed by atoms with Crippen molar-refractivity contribution in [1.29, 1.82) is 0 Å². The van der Waals surface area contributed by atoms with E-state index in [1.54, 1.807) is 6.07 Å². The van der Waals surface area contributed by atoms with Crippen molar-refractivity contribution in [3.05, 3.63) is 40.2 Å². The Morgan fingerprint density at radius 1 is 1.22 bits per heavy atom. The minimum Gasteiger partial charge on any atom is -0.508 e. The van der Waals surface area contributed by atoms with Crippen LogP contribution in [0.1, 0.15) is 43.7 Å². The van der Waals surface area contributed by atoms with Gasteiger partial charge in [-0.15, -0.1) is 0 Å². The van der Waals surface area contributed by atoms with Crippen LogP contribution in [0.2, 0.25) is 0 Å². The first-order valence-corrected chi connectivity index (χ1v) is 10.6. The summed E-state index contributed by atoms with van der Waals surface area (Å²) in [6, 6.07) is 2.95. The van der Waals surface area contributed by atoms with Crippen LogP contribution >= 0.6 is 0 Å². The van der Waals surface area contributed by atoms with E-state index in [2.05, 4.69) is 0 Å². The van der Waals surface area contributed by atoms with Gasteiger partial charge in [0.15, 0.2) is 11.4 Å². The molecule has 0 unspecified atom stereocenters. The molecule has 0 saturated heterocycles. The molecular weight excluding hydrogens is 418 g/mol. The monoisotopic (exact) mass is 443 g/mol. The number of hydrogen-bond donors (Lipinski definition) is 5. The van der Waals surface area contributed by atoms with Crippen LogP contribution in [0.25, 0.3) is 5.76 Å². The van der Waals surface area contributed by atoms with Crippen molar-refractivity contribution < 1.29 is 39.5 Å². The van der Waals surface area contributed by atoms with E-state index in [-0.39, 0.29) is 36.1 Å². The first-order chi connectivity index (χ1) is 15.1. The molecule has 0 heterocycles. The number of Topliss-reactive ketones (excluding diaryl/α,β-unsaturated/α-hetero) is 2. The maximum Gasteiger partial charge on any atom is 0.255 e. The smallest absolute Gasteiger partial charge is 0.255 e. The number of ether oxygens (including phenoxy) is 1. The largest absolute Gasteiger partial charge is 0.508 e. The second-order valence-corrected chi connectivity index (χ2v) is 8.55. The van der Waals surface area contributed by atoms with Gasteiger partial charge in [0.1, 0.15) is 28.6 Å². The number of phenolic OH excluding ortho intramolecular Hbond substituents is 1. The topological polar surface area (TPSA) is 167 Å². The average molecular weight is 443 g/mol. The summed E-state index contributed by atoms with van der Waals surface area (Å²) in [7, 11) is 0. The maximum absolute atomic E-state index is 13.4. The normalized spacial score (nSPS) is 27.1. The van der Waals surface area contributed by atoms with E-state index in [9.17, 15) is 34.8 Å². The number of rotatable bonds is 5. The number of carbonyl (C=O) groups is 3. The van der Waals surface area contributed by atoms with E-state index in [4.69, 9.17) is 10.5 Å². The van der Waals surface area contributed by atoms with Gasteiger partial charge in [0, 0.05) is 23.5 Å². The molecule has 1 saturated carbocycles. The Labute approximate surface area is 183 Å². The number of benzene rings is 1. The van der Waals surface area contributed by atoms with Gasteiger partial charge in [0.25, 0.3) is 5.91 Å². The van der Waals surface area contributed by atoms with Crippen molar-refractivity contribution >= 4 is 23.2 Å². The molecule has 170 valence electrons. The number of ketones is 2. The highest BCUT2D eigenvalue weighted by atomic mass is 16.5. The van der Waals surface area contributed by atoms with Crippen LogP contribution in [0, 0.1) is 11.8 Å². The first-order valence-electron chi connectivity index (χ1n) is 10.6. The summed E-state index contributed by atoms with van der Waals surface area (Å²) in [6.45, 7) is 2.46. The number of unbranched alkanes of at least 4 members (excludes halogenated alkanes) is 1. The zero-order valence-electron chi connectivity index (χ0n) is 17.6. The van der Waals surface area contributed by atoms with Crippen LogP contribution in [0.5, 0.6) is 11.5 Å². The Hall–Kier alpha value is -3.33. The minimum absolute atomic E-state index is 0.0335. The quantitative estimate of drug-likeness (QED) is 0.338. The van der Waals surface area contributed by atoms with Crippen molar-refractivity contribution in [1.82, 2.24) is 0 Å². The third-order valence-electron chi connectivity index (χ3n) is 6.66. The van der Waals surface area contributed by atoms with Gasteiger partial charge >= 0.3 is 0 Å². The number of aromatic hydroxyl groups is 1. The molecule has 0 radical (unpaired) electrons. The summed E-state index contributed by atoms with van der Waals surface area (Å²) in [4.78, 5) is 37.4. The standard InChI is InChI=1S/C23H25NO8/c1-2-3-6-32-15-5-4-13(25)17-12(15)8-10-7-11-9-14(26)18(22(24)30)21(29)23(11,31)20(28)16(10)19(17)27/h4-5,10-11,25,27,29,31H,2-3,6-9H2,1H3,(H2,24,30)/t10-,11+,23+/m1/s1. The van der Waals surface area contributed by atoms with E-state index in [0.717, 1.165) is 12.8 Å². The molecule has 1 fully saturated rings. The lowest BCUT2D eigenvalue weighted by atomic mass is 9.59. The summed E-state index contributed by atoms with van der Waals surface area (Å²) >= 11 is 0. The molecule has 1 aromatic carbocycles. The zero-order valence-corrected chi connectivity index (χ0v) is 17.6. The lowest BCUT2D eigenvalue weighted by Crippen LogP contribution is -2.58. The second kappa shape index (κ2) is 7.67. The van der Waals surface area contributed by atoms with Gasteiger partial charge in [-0.3, -0.25) is 14.4 Å². The van der Waals surface area contributed by atoms with E-state index in [0.29, 0.717) is 17.9 Å². The van der Waals surface area contributed by atoms with Crippen molar-refractivity contribution in [3.63, 3.8) is 0 Å². The Bertz CT molecular complexity index is 1100. The number of carbonyl (C=O) groups excluding carboxylic acids is 3. The zero-order chi connectivity index (χ0) is 23.4. The first kappa shape index (κ1) is 21.9. The molecule has 3 aliphatic carbocycles. The number of nitrogens with two attached hydrogens (primary N) is 1. The van der Waals surface area contributed by atoms with Crippen LogP contribution in [0.3, 0.4) is 0 Å². The predicted molar refractivity (Wildman–Crippen MR) is 112 cm³/mol. The fourth-order valence-corrected chi connectivity index (χ4v) is 5.05. The fraction of sp³-hybridized carbons (Fsp3) is 0.435. The fourth-order valence-electron chi connectivity index (χ4n) is 5.05. The predicted octanol–water partition coefficient (Wildman–Crippen LogP) is 1.60. The van der Waals surface area contributed by atoms with Crippen molar-refractivity contribution in [2.24, 2.45) is 17.6 Å². The molecule has 0 spiro atoms. The molecule has 3 aliphatic rings. The van der Waals surface area contributed by atoms with Crippen LogP contribution < -0.4 is 10.5 Å². The molecule has 0 bridgehead atoms. The molecular formula is C23H25NO8. The molecule has 32 heavy (non-hydrogen) atoms. The molecule has 6 N–H and O–H groups in total. The van der Waals surface area contributed by atoms with Gasteiger partial charge in [-0.25, -0.2) is 0 Å². The molecule has 4 rings (SSSR count). The van der Waals surface area contributed by atoms with Crippen LogP contribution in [0.4, 0.5) is 0 Å². The van der Waals surface area contributed by atoms with E-state index in [1.807, 2.05) is 6.92 Å². The van der Waals surface area contributed by atoms with Gasteiger partial charge in [0.05, 0.1) is 12.2 Å². The number of primary amides is 1. The van der Waals surface area contributed by atoms with Crippen molar-refractivity contribution in [2.45, 2.75) is 44.6 Å². The third-order valence-corrected chi connectivity index (χ3v) is 6.66. The lowest BCUT2D eigenvalue weighted by molar-refractivity contribution is -0.147. The molecule has 0 aromatic heterocycles. The summed E-state index contributed by atoms with van der Waals surface area (Å²) in [5.41, 5.74) is 2.22. The van der Waals surface area contributed by atoms with E-state index < -0.39 is 52.0 Å². The van der Waals surface area contributed by atoms with Crippen molar-refractivity contribution in [2.75, 3.05) is 6.61 Å². The van der Waals surface area contributed by atoms with Crippen LogP contribution in [-0.4, -0.2) is 50.1 Å². The highest BCUT2D eigenvalue weighted by molar-refractivity contribution is 6.22. The number of aliphatic hydroxyl groups excluding tert-OH is 2. The van der Waals surface area contributed by atoms with Crippen LogP contribution in [0.15, 0.2) is 29.0 Å². The van der Waals surface area contributed by atoms with E-state index in [1.165, 1.54) is 6.07 Å². The summed E-state index contributed by atoms with van der Waals surface area (Å²) < 4.78 is 5.82. The maximum atomic E-state index is 13.4. The van der Waals surface area contributed by atoms with Crippen LogP contribution in [-0.2, 0) is 20.8 Å². The Balaban J connectivity index is 1.85. The Kier molecular flexibility index (Phi) is 5.24. The highest BCUT2D eigenvalue weighted by Gasteiger charge is 2.60. The Morgan fingerprint density at radius 3 is 2.59 bits per heavy atom. The molecule has 0 aliphatic heterocycles. The molecule has 9 heteroatoms. The SMILES string of the molecule is CCCCOc1ccc(O)c2c1C[C@H]1C[C@H]3CC(=O)C(C(N)=O)=C(O)[C@@]3(O)C(=O)C1=C2O. The van der Waals surface area contributed by atoms with Gasteiger partial charge < -0.3 is 30.9 Å². The molecule has 1 amide bonds. The van der Waals surface area contributed by atoms with Crippen molar-refractivity contribution in [3.8, 4) is 11.5 Å². The van der Waals surface area contributed by atoms with Gasteiger partial charge in [-0.05, 0) is 37.3 Å². The molecule has 1 aromatic rings. The number of hydrogen-bond acceptors (Lipinski definition) is 8. The summed E-state index contributed by atoms with van der Waals surface area (Å²) in [5, 5.41) is 43.1. The van der Waals surface area contributed by atoms with Gasteiger partial charge in [0.2, 0.25) is 5.78 Å². The molecule has 3 atom stereocenters. The highest BCUT2D eigenvalue weighted by Crippen LogP contribution is 2.53. The average Bonchev–Trinajstić information content (AvgIpc) is 2.72.